The van der Waals surface area contributed by atoms with E-state index in [1.54, 1.807) is 12.3 Å². The number of furan rings is 1. The van der Waals surface area contributed by atoms with E-state index in [0.717, 1.165) is 14.7 Å². The van der Waals surface area contributed by atoms with Gasteiger partial charge in [0.25, 0.3) is 0 Å². The number of carbonyl (C=O) groups is 1. The number of amides is 1. The van der Waals surface area contributed by atoms with Crippen LogP contribution in [-0.4, -0.2) is 10.9 Å². The monoisotopic (exact) mass is 390 g/mol. The number of benzene rings is 1. The lowest BCUT2D eigenvalue weighted by Gasteiger charge is -2.05. The van der Waals surface area contributed by atoms with E-state index in [4.69, 9.17) is 4.42 Å². The Labute approximate surface area is 135 Å². The SMILES string of the molecule is O=C(/C=C/c1ccc(I)o1)Nc1cccc2cccnc12. The number of hydrogen-bond donors (Lipinski definition) is 1. The standard InChI is InChI=1S/C16H11IN2O2/c17-14-8-6-12(21-14)7-9-15(20)19-13-5-1-3-11-4-2-10-18-16(11)13/h1-10H,(H,19,20)/b9-7+. The maximum absolute atomic E-state index is 12.0. The Kier molecular flexibility index (Phi) is 4.01. The molecule has 0 aliphatic heterocycles. The highest BCUT2D eigenvalue weighted by molar-refractivity contribution is 14.1. The van der Waals surface area contributed by atoms with Gasteiger partial charge >= 0.3 is 0 Å². The van der Waals surface area contributed by atoms with Gasteiger partial charge in [-0.1, -0.05) is 18.2 Å². The molecule has 1 N–H and O–H groups in total. The summed E-state index contributed by atoms with van der Waals surface area (Å²) in [5, 5.41) is 3.82. The number of anilines is 1. The fraction of sp³-hybridized carbons (Fsp3) is 0. The molecule has 21 heavy (non-hydrogen) atoms. The van der Waals surface area contributed by atoms with Crippen molar-refractivity contribution >= 4 is 51.2 Å². The van der Waals surface area contributed by atoms with Crippen molar-refractivity contribution in [2.75, 3.05) is 5.32 Å². The zero-order valence-corrected chi connectivity index (χ0v) is 13.1. The zero-order chi connectivity index (χ0) is 14.7. The molecule has 0 spiro atoms. The molecule has 5 heteroatoms. The number of nitrogens with one attached hydrogen (secondary N) is 1. The quantitative estimate of drug-likeness (QED) is 0.542. The van der Waals surface area contributed by atoms with Gasteiger partial charge in [-0.25, -0.2) is 0 Å². The van der Waals surface area contributed by atoms with Crippen LogP contribution in [0.25, 0.3) is 17.0 Å². The van der Waals surface area contributed by atoms with Crippen LogP contribution < -0.4 is 5.32 Å². The van der Waals surface area contributed by atoms with Crippen LogP contribution in [0.1, 0.15) is 5.76 Å². The molecule has 0 bridgehead atoms. The minimum Gasteiger partial charge on any atom is -0.451 e. The van der Waals surface area contributed by atoms with E-state index in [9.17, 15) is 4.79 Å². The van der Waals surface area contributed by atoms with E-state index in [0.29, 0.717) is 11.4 Å². The summed E-state index contributed by atoms with van der Waals surface area (Å²) in [5.74, 6) is 0.421. The summed E-state index contributed by atoms with van der Waals surface area (Å²) in [5.41, 5.74) is 1.46. The van der Waals surface area contributed by atoms with E-state index in [2.05, 4.69) is 32.9 Å². The number of fused-ring (bicyclic) bond motifs is 1. The average Bonchev–Trinajstić information content (AvgIpc) is 2.91. The topological polar surface area (TPSA) is 55.1 Å². The number of halogens is 1. The van der Waals surface area contributed by atoms with E-state index in [1.165, 1.54) is 6.08 Å². The molecule has 0 radical (unpaired) electrons. The van der Waals surface area contributed by atoms with Crippen LogP contribution in [0.2, 0.25) is 0 Å². The lowest BCUT2D eigenvalue weighted by Crippen LogP contribution is -2.08. The number of nitrogens with zero attached hydrogens (tertiary/aromatic N) is 1. The maximum atomic E-state index is 12.0. The Morgan fingerprint density at radius 3 is 2.86 bits per heavy atom. The first-order chi connectivity index (χ1) is 10.2. The molecule has 3 aromatic rings. The van der Waals surface area contributed by atoms with Crippen molar-refractivity contribution in [2.24, 2.45) is 0 Å². The highest BCUT2D eigenvalue weighted by atomic mass is 127. The van der Waals surface area contributed by atoms with Crippen LogP contribution in [0, 0.1) is 3.77 Å². The van der Waals surface area contributed by atoms with E-state index >= 15 is 0 Å². The van der Waals surface area contributed by atoms with Gasteiger partial charge in [-0.05, 0) is 52.9 Å². The van der Waals surface area contributed by atoms with Gasteiger partial charge in [0.15, 0.2) is 3.77 Å². The molecule has 0 aliphatic rings. The molecule has 0 fully saturated rings. The minimum atomic E-state index is -0.223. The normalized spacial score (nSPS) is 11.1. The lowest BCUT2D eigenvalue weighted by atomic mass is 10.2. The Bertz CT molecular complexity index is 819. The maximum Gasteiger partial charge on any atom is 0.248 e. The van der Waals surface area contributed by atoms with Crippen molar-refractivity contribution in [3.63, 3.8) is 0 Å². The van der Waals surface area contributed by atoms with Crippen LogP contribution in [-0.2, 0) is 4.79 Å². The number of pyridine rings is 1. The Balaban J connectivity index is 1.79. The molecule has 104 valence electrons. The summed E-state index contributed by atoms with van der Waals surface area (Å²) in [6.45, 7) is 0. The molecule has 1 aromatic carbocycles. The van der Waals surface area contributed by atoms with Gasteiger partial charge in [-0.15, -0.1) is 0 Å². The first-order valence-electron chi connectivity index (χ1n) is 6.30. The summed E-state index contributed by atoms with van der Waals surface area (Å²) in [6, 6.07) is 13.1. The van der Waals surface area contributed by atoms with Crippen molar-refractivity contribution in [3.8, 4) is 0 Å². The van der Waals surface area contributed by atoms with Gasteiger partial charge in [0.2, 0.25) is 5.91 Å². The van der Waals surface area contributed by atoms with Crippen LogP contribution in [0.5, 0.6) is 0 Å². The number of para-hydroxylation sites is 1. The predicted octanol–water partition coefficient (Wildman–Crippen LogP) is 4.08. The van der Waals surface area contributed by atoms with E-state index in [-0.39, 0.29) is 5.91 Å². The van der Waals surface area contributed by atoms with Gasteiger partial charge in [-0.2, -0.15) is 0 Å². The van der Waals surface area contributed by atoms with Crippen molar-refractivity contribution in [2.45, 2.75) is 0 Å². The van der Waals surface area contributed by atoms with Gasteiger partial charge in [0, 0.05) is 17.7 Å². The highest BCUT2D eigenvalue weighted by Gasteiger charge is 2.04. The summed E-state index contributed by atoms with van der Waals surface area (Å²) in [7, 11) is 0. The van der Waals surface area contributed by atoms with Gasteiger partial charge in [-0.3, -0.25) is 9.78 Å². The average molecular weight is 390 g/mol. The number of carbonyl (C=O) groups excluding carboxylic acids is 1. The molecule has 0 aliphatic carbocycles. The molecule has 0 saturated carbocycles. The summed E-state index contributed by atoms with van der Waals surface area (Å²) >= 11 is 2.08. The zero-order valence-electron chi connectivity index (χ0n) is 10.9. The molecule has 2 aromatic heterocycles. The van der Waals surface area contributed by atoms with Crippen LogP contribution in [0.3, 0.4) is 0 Å². The third-order valence-corrected chi connectivity index (χ3v) is 3.46. The molecule has 0 unspecified atom stereocenters. The number of hydrogen-bond acceptors (Lipinski definition) is 3. The van der Waals surface area contributed by atoms with E-state index in [1.807, 2.05) is 42.5 Å². The number of aromatic nitrogens is 1. The third kappa shape index (κ3) is 3.30. The molecule has 1 amide bonds. The smallest absolute Gasteiger partial charge is 0.248 e. The van der Waals surface area contributed by atoms with E-state index < -0.39 is 0 Å². The first-order valence-corrected chi connectivity index (χ1v) is 7.38. The molecular formula is C16H11IN2O2. The summed E-state index contributed by atoms with van der Waals surface area (Å²) < 4.78 is 6.15. The Morgan fingerprint density at radius 2 is 2.05 bits per heavy atom. The minimum absolute atomic E-state index is 0.223. The molecule has 4 nitrogen and oxygen atoms in total. The van der Waals surface area contributed by atoms with Crippen molar-refractivity contribution < 1.29 is 9.21 Å². The van der Waals surface area contributed by atoms with Crippen LogP contribution in [0.4, 0.5) is 5.69 Å². The van der Waals surface area contributed by atoms with Crippen LogP contribution >= 0.6 is 22.6 Å². The first kappa shape index (κ1) is 13.8. The second-order valence-corrected chi connectivity index (χ2v) is 5.41. The lowest BCUT2D eigenvalue weighted by molar-refractivity contribution is -0.111. The Morgan fingerprint density at radius 1 is 1.19 bits per heavy atom. The van der Waals surface area contributed by atoms with Gasteiger partial charge in [0.05, 0.1) is 11.2 Å². The van der Waals surface area contributed by atoms with Gasteiger partial charge < -0.3 is 9.73 Å². The molecule has 3 rings (SSSR count). The summed E-state index contributed by atoms with van der Waals surface area (Å²) in [6.07, 6.45) is 4.78. The Hall–Kier alpha value is -2.15. The second-order valence-electron chi connectivity index (χ2n) is 4.35. The second kappa shape index (κ2) is 6.09. The molecular weight excluding hydrogens is 379 g/mol. The van der Waals surface area contributed by atoms with Crippen LogP contribution in [0.15, 0.2) is 59.2 Å². The highest BCUT2D eigenvalue weighted by Crippen LogP contribution is 2.20. The predicted molar refractivity (Wildman–Crippen MR) is 90.8 cm³/mol. The number of rotatable bonds is 3. The largest absolute Gasteiger partial charge is 0.451 e. The van der Waals surface area contributed by atoms with Crippen molar-refractivity contribution in [1.29, 1.82) is 0 Å². The molecule has 0 saturated heterocycles. The van der Waals surface area contributed by atoms with Gasteiger partial charge in [0.1, 0.15) is 5.76 Å². The van der Waals surface area contributed by atoms with Crippen molar-refractivity contribution in [1.82, 2.24) is 4.98 Å². The van der Waals surface area contributed by atoms with Crippen molar-refractivity contribution in [3.05, 3.63) is 64.3 Å². The molecule has 0 atom stereocenters. The third-order valence-electron chi connectivity index (χ3n) is 2.88. The fourth-order valence-electron chi connectivity index (χ4n) is 1.96. The molecule has 2 heterocycles. The fourth-order valence-corrected chi connectivity index (χ4v) is 2.39. The summed E-state index contributed by atoms with van der Waals surface area (Å²) in [4.78, 5) is 16.3.